The number of hydrogen-bond donors (Lipinski definition) is 0. The van der Waals surface area contributed by atoms with E-state index < -0.39 is 5.60 Å². The van der Waals surface area contributed by atoms with Crippen LogP contribution in [0.25, 0.3) is 5.69 Å². The normalized spacial score (nSPS) is 11.0. The van der Waals surface area contributed by atoms with E-state index in [4.69, 9.17) is 10.00 Å². The van der Waals surface area contributed by atoms with Crippen LogP contribution in [-0.2, 0) is 4.74 Å². The molecule has 0 aliphatic rings. The van der Waals surface area contributed by atoms with Gasteiger partial charge < -0.3 is 4.74 Å². The van der Waals surface area contributed by atoms with Crippen LogP contribution in [0.3, 0.4) is 0 Å². The Labute approximate surface area is 123 Å². The van der Waals surface area contributed by atoms with Gasteiger partial charge in [0.25, 0.3) is 0 Å². The summed E-state index contributed by atoms with van der Waals surface area (Å²) in [6.45, 7) is 7.36. The van der Waals surface area contributed by atoms with Gasteiger partial charge in [-0.2, -0.15) is 10.4 Å². The van der Waals surface area contributed by atoms with Crippen molar-refractivity contribution in [2.24, 2.45) is 0 Å². The highest BCUT2D eigenvalue weighted by atomic mass is 16.6. The molecule has 0 fully saturated rings. The lowest BCUT2D eigenvalue weighted by Gasteiger charge is -2.19. The van der Waals surface area contributed by atoms with Crippen LogP contribution >= 0.6 is 0 Å². The van der Waals surface area contributed by atoms with Gasteiger partial charge in [-0.1, -0.05) is 0 Å². The summed E-state index contributed by atoms with van der Waals surface area (Å²) in [5.74, 6) is -0.357. The Hall–Kier alpha value is -2.61. The molecule has 0 amide bonds. The fourth-order valence-corrected chi connectivity index (χ4v) is 1.87. The Morgan fingerprint density at radius 2 is 1.90 bits per heavy atom. The minimum atomic E-state index is -0.518. The molecule has 1 aromatic heterocycles. The van der Waals surface area contributed by atoms with Gasteiger partial charge in [-0.05, 0) is 58.0 Å². The van der Waals surface area contributed by atoms with Crippen molar-refractivity contribution in [3.8, 4) is 11.8 Å². The van der Waals surface area contributed by atoms with E-state index in [0.717, 1.165) is 11.4 Å². The molecule has 0 aliphatic carbocycles. The lowest BCUT2D eigenvalue weighted by Crippen LogP contribution is -2.23. The molecule has 2 rings (SSSR count). The number of carbonyl (C=O) groups is 1. The molecule has 0 aliphatic heterocycles. The van der Waals surface area contributed by atoms with Crippen molar-refractivity contribution in [3.63, 3.8) is 0 Å². The Bertz CT molecular complexity index is 701. The summed E-state index contributed by atoms with van der Waals surface area (Å²) < 4.78 is 6.97. The van der Waals surface area contributed by atoms with Crippen molar-refractivity contribution >= 4 is 5.97 Å². The summed E-state index contributed by atoms with van der Waals surface area (Å²) in [6, 6.07) is 10.7. The molecule has 1 aromatic carbocycles. The topological polar surface area (TPSA) is 67.9 Å². The van der Waals surface area contributed by atoms with E-state index in [0.29, 0.717) is 11.3 Å². The van der Waals surface area contributed by atoms with Crippen LogP contribution < -0.4 is 0 Å². The van der Waals surface area contributed by atoms with Crippen LogP contribution in [0.1, 0.15) is 42.5 Å². The lowest BCUT2D eigenvalue weighted by atomic mass is 10.1. The van der Waals surface area contributed by atoms with Gasteiger partial charge in [0.15, 0.2) is 5.69 Å². The predicted octanol–water partition coefficient (Wildman–Crippen LogP) is 3.01. The number of aromatic nitrogens is 2. The third-order valence-corrected chi connectivity index (χ3v) is 2.75. The first-order chi connectivity index (χ1) is 9.80. The number of aryl methyl sites for hydroxylation is 1. The largest absolute Gasteiger partial charge is 0.456 e. The van der Waals surface area contributed by atoms with E-state index in [2.05, 4.69) is 5.10 Å². The standard InChI is InChI=1S/C16H17N3O2/c1-11-9-13(10-17)18-19(11)14-7-5-12(6-8-14)15(20)21-16(2,3)4/h5-9H,1-4H3. The zero-order valence-corrected chi connectivity index (χ0v) is 12.5. The molecule has 0 unspecified atom stereocenters. The number of rotatable bonds is 2. The summed E-state index contributed by atoms with van der Waals surface area (Å²) in [4.78, 5) is 11.9. The molecule has 0 saturated carbocycles. The summed E-state index contributed by atoms with van der Waals surface area (Å²) in [6.07, 6.45) is 0. The van der Waals surface area contributed by atoms with Crippen molar-refractivity contribution in [3.05, 3.63) is 47.3 Å². The number of nitriles is 1. The molecular formula is C16H17N3O2. The monoisotopic (exact) mass is 283 g/mol. The van der Waals surface area contributed by atoms with Crippen LogP contribution in [0.4, 0.5) is 0 Å². The zero-order valence-electron chi connectivity index (χ0n) is 12.5. The second-order valence-electron chi connectivity index (χ2n) is 5.74. The number of benzene rings is 1. The van der Waals surface area contributed by atoms with Gasteiger partial charge in [0.2, 0.25) is 0 Å². The third kappa shape index (κ3) is 3.48. The van der Waals surface area contributed by atoms with Crippen LogP contribution in [0.5, 0.6) is 0 Å². The van der Waals surface area contributed by atoms with Crippen LogP contribution in [-0.4, -0.2) is 21.4 Å². The van der Waals surface area contributed by atoms with Crippen molar-refractivity contribution in [2.45, 2.75) is 33.3 Å². The maximum Gasteiger partial charge on any atom is 0.338 e. The number of nitrogens with zero attached hydrogens (tertiary/aromatic N) is 3. The van der Waals surface area contributed by atoms with E-state index in [9.17, 15) is 4.79 Å². The van der Waals surface area contributed by atoms with Gasteiger partial charge in [-0.3, -0.25) is 0 Å². The average Bonchev–Trinajstić information content (AvgIpc) is 2.78. The molecule has 1 heterocycles. The fraction of sp³-hybridized carbons (Fsp3) is 0.312. The quantitative estimate of drug-likeness (QED) is 0.794. The Morgan fingerprint density at radius 3 is 2.38 bits per heavy atom. The Morgan fingerprint density at radius 1 is 1.29 bits per heavy atom. The molecule has 0 radical (unpaired) electrons. The first-order valence-electron chi connectivity index (χ1n) is 6.61. The Kier molecular flexibility index (Phi) is 3.81. The third-order valence-electron chi connectivity index (χ3n) is 2.75. The van der Waals surface area contributed by atoms with Gasteiger partial charge in [0.05, 0.1) is 11.3 Å². The van der Waals surface area contributed by atoms with Gasteiger partial charge in [-0.25, -0.2) is 9.48 Å². The Balaban J connectivity index is 2.25. The molecule has 108 valence electrons. The molecule has 5 nitrogen and oxygen atoms in total. The van der Waals surface area contributed by atoms with Gasteiger partial charge in [0.1, 0.15) is 11.7 Å². The molecule has 2 aromatic rings. The number of carbonyl (C=O) groups excluding carboxylic acids is 1. The highest BCUT2D eigenvalue weighted by Crippen LogP contribution is 2.16. The molecule has 0 bridgehead atoms. The number of ether oxygens (including phenoxy) is 1. The molecule has 0 spiro atoms. The second-order valence-corrected chi connectivity index (χ2v) is 5.74. The summed E-state index contributed by atoms with van der Waals surface area (Å²) >= 11 is 0. The maximum absolute atomic E-state index is 11.9. The van der Waals surface area contributed by atoms with Crippen molar-refractivity contribution in [1.29, 1.82) is 5.26 Å². The molecule has 0 atom stereocenters. The van der Waals surface area contributed by atoms with Crippen molar-refractivity contribution in [2.75, 3.05) is 0 Å². The highest BCUT2D eigenvalue weighted by Gasteiger charge is 2.17. The predicted molar refractivity (Wildman–Crippen MR) is 78.2 cm³/mol. The maximum atomic E-state index is 11.9. The van der Waals surface area contributed by atoms with Gasteiger partial charge in [-0.15, -0.1) is 0 Å². The van der Waals surface area contributed by atoms with E-state index in [1.807, 2.05) is 33.8 Å². The van der Waals surface area contributed by atoms with Gasteiger partial charge in [0, 0.05) is 5.69 Å². The summed E-state index contributed by atoms with van der Waals surface area (Å²) in [7, 11) is 0. The van der Waals surface area contributed by atoms with Crippen molar-refractivity contribution in [1.82, 2.24) is 9.78 Å². The van der Waals surface area contributed by atoms with Gasteiger partial charge >= 0.3 is 5.97 Å². The zero-order chi connectivity index (χ0) is 15.6. The molecule has 21 heavy (non-hydrogen) atoms. The molecular weight excluding hydrogens is 266 g/mol. The second kappa shape index (κ2) is 5.41. The highest BCUT2D eigenvalue weighted by molar-refractivity contribution is 5.89. The van der Waals surface area contributed by atoms with Crippen LogP contribution in [0.15, 0.2) is 30.3 Å². The summed E-state index contributed by atoms with van der Waals surface area (Å²) in [5, 5.41) is 13.0. The van der Waals surface area contributed by atoms with Crippen molar-refractivity contribution < 1.29 is 9.53 Å². The lowest BCUT2D eigenvalue weighted by molar-refractivity contribution is 0.00695. The molecule has 0 saturated heterocycles. The molecule has 0 N–H and O–H groups in total. The fourth-order valence-electron chi connectivity index (χ4n) is 1.87. The number of esters is 1. The average molecular weight is 283 g/mol. The SMILES string of the molecule is Cc1cc(C#N)nn1-c1ccc(C(=O)OC(C)(C)C)cc1. The smallest absolute Gasteiger partial charge is 0.338 e. The first kappa shape index (κ1) is 14.8. The van der Waals surface area contributed by atoms with Crippen LogP contribution in [0.2, 0.25) is 0 Å². The minimum absolute atomic E-state index is 0.357. The van der Waals surface area contributed by atoms with E-state index in [1.54, 1.807) is 35.0 Å². The summed E-state index contributed by atoms with van der Waals surface area (Å²) in [5.41, 5.74) is 1.98. The first-order valence-corrected chi connectivity index (χ1v) is 6.61. The minimum Gasteiger partial charge on any atom is -0.456 e. The van der Waals surface area contributed by atoms with Crippen LogP contribution in [0, 0.1) is 18.3 Å². The van der Waals surface area contributed by atoms with E-state index >= 15 is 0 Å². The molecule has 5 heteroatoms. The number of hydrogen-bond acceptors (Lipinski definition) is 4. The van der Waals surface area contributed by atoms with E-state index in [-0.39, 0.29) is 5.97 Å². The van der Waals surface area contributed by atoms with E-state index in [1.165, 1.54) is 0 Å².